The molecule has 4 rings (SSSR count). The molecule has 0 spiro atoms. The summed E-state index contributed by atoms with van der Waals surface area (Å²) in [6.07, 6.45) is 1.67. The summed E-state index contributed by atoms with van der Waals surface area (Å²) < 4.78 is 11.4. The molecule has 1 aliphatic heterocycles. The first-order chi connectivity index (χ1) is 11.9. The molecule has 1 saturated heterocycles. The highest BCUT2D eigenvalue weighted by Gasteiger charge is 2.14. The van der Waals surface area contributed by atoms with Crippen molar-refractivity contribution in [3.05, 3.63) is 60.3 Å². The minimum atomic E-state index is 0.517. The second kappa shape index (κ2) is 6.95. The molecule has 5 heteroatoms. The summed E-state index contributed by atoms with van der Waals surface area (Å²) in [5, 5.41) is 0. The van der Waals surface area contributed by atoms with Crippen LogP contribution in [0.2, 0.25) is 0 Å². The zero-order chi connectivity index (χ0) is 16.2. The Hall–Kier alpha value is -2.50. The van der Waals surface area contributed by atoms with Crippen LogP contribution in [0.1, 0.15) is 5.56 Å². The van der Waals surface area contributed by atoms with E-state index in [1.807, 2.05) is 42.5 Å². The number of rotatable bonds is 4. The van der Waals surface area contributed by atoms with Crippen molar-refractivity contribution in [2.45, 2.75) is 6.54 Å². The Kier molecular flexibility index (Phi) is 4.36. The van der Waals surface area contributed by atoms with Crippen molar-refractivity contribution in [1.29, 1.82) is 0 Å². The molecule has 0 N–H and O–H groups in total. The summed E-state index contributed by atoms with van der Waals surface area (Å²) in [4.78, 5) is 11.3. The van der Waals surface area contributed by atoms with Gasteiger partial charge in [0, 0.05) is 25.2 Å². The van der Waals surface area contributed by atoms with E-state index < -0.39 is 0 Å². The number of nitrogens with zero attached hydrogens (tertiary/aromatic N) is 3. The maximum Gasteiger partial charge on any atom is 0.238 e. The van der Waals surface area contributed by atoms with E-state index in [0.717, 1.165) is 55.2 Å². The first-order valence-corrected chi connectivity index (χ1v) is 8.16. The molecular weight excluding hydrogens is 302 g/mol. The third-order valence-electron chi connectivity index (χ3n) is 4.11. The lowest BCUT2D eigenvalue weighted by Gasteiger charge is -2.27. The van der Waals surface area contributed by atoms with Gasteiger partial charge >= 0.3 is 0 Å². The topological polar surface area (TPSA) is 47.5 Å². The molecule has 1 fully saturated rings. The molecule has 0 bridgehead atoms. The van der Waals surface area contributed by atoms with Crippen LogP contribution in [0.3, 0.4) is 0 Å². The minimum absolute atomic E-state index is 0.517. The average Bonchev–Trinajstić information content (AvgIpc) is 2.64. The largest absolute Gasteiger partial charge is 0.437 e. The first kappa shape index (κ1) is 15.1. The zero-order valence-corrected chi connectivity index (χ0v) is 13.4. The van der Waals surface area contributed by atoms with Crippen LogP contribution >= 0.6 is 0 Å². The summed E-state index contributed by atoms with van der Waals surface area (Å²) in [7, 11) is 0. The molecule has 5 nitrogen and oxygen atoms in total. The summed E-state index contributed by atoms with van der Waals surface area (Å²) >= 11 is 0. The number of ether oxygens (including phenoxy) is 2. The zero-order valence-electron chi connectivity index (χ0n) is 13.4. The second-order valence-corrected chi connectivity index (χ2v) is 5.80. The highest BCUT2D eigenvalue weighted by molar-refractivity contribution is 5.74. The summed E-state index contributed by atoms with van der Waals surface area (Å²) in [6, 6.07) is 15.9. The second-order valence-electron chi connectivity index (χ2n) is 5.80. The van der Waals surface area contributed by atoms with Crippen molar-refractivity contribution >= 4 is 11.0 Å². The fourth-order valence-corrected chi connectivity index (χ4v) is 2.84. The number of aromatic nitrogens is 2. The SMILES string of the molecule is c1ccc(Oc2cnc3ccccc3n2)c(CN2CCOCC2)c1. The third-order valence-corrected chi connectivity index (χ3v) is 4.11. The van der Waals surface area contributed by atoms with Crippen molar-refractivity contribution in [1.82, 2.24) is 14.9 Å². The van der Waals surface area contributed by atoms with Gasteiger partial charge in [-0.2, -0.15) is 0 Å². The molecule has 0 atom stereocenters. The fraction of sp³-hybridized carbons (Fsp3) is 0.263. The minimum Gasteiger partial charge on any atom is -0.437 e. The van der Waals surface area contributed by atoms with Gasteiger partial charge in [0.15, 0.2) is 0 Å². The standard InChI is InChI=1S/C19H19N3O2/c1-4-8-18(15(5-1)14-22-9-11-23-12-10-22)24-19-13-20-16-6-2-3-7-17(16)21-19/h1-8,13H,9-12,14H2. The van der Waals surface area contributed by atoms with Gasteiger partial charge < -0.3 is 9.47 Å². The van der Waals surface area contributed by atoms with Crippen LogP contribution in [0.4, 0.5) is 0 Å². The van der Waals surface area contributed by atoms with Crippen LogP contribution in [0.15, 0.2) is 54.7 Å². The molecule has 0 radical (unpaired) electrons. The van der Waals surface area contributed by atoms with Gasteiger partial charge in [0.05, 0.1) is 30.4 Å². The monoisotopic (exact) mass is 321 g/mol. The number of fused-ring (bicyclic) bond motifs is 1. The Morgan fingerprint density at radius 3 is 2.58 bits per heavy atom. The Morgan fingerprint density at radius 2 is 1.71 bits per heavy atom. The van der Waals surface area contributed by atoms with Gasteiger partial charge in [0.1, 0.15) is 5.75 Å². The summed E-state index contributed by atoms with van der Waals surface area (Å²) in [5.74, 6) is 1.34. The Labute approximate surface area is 140 Å². The van der Waals surface area contributed by atoms with E-state index in [-0.39, 0.29) is 0 Å². The van der Waals surface area contributed by atoms with Crippen LogP contribution in [-0.4, -0.2) is 41.2 Å². The van der Waals surface area contributed by atoms with Crippen LogP contribution in [0.25, 0.3) is 11.0 Å². The Balaban J connectivity index is 1.56. The van der Waals surface area contributed by atoms with Gasteiger partial charge in [-0.25, -0.2) is 9.97 Å². The first-order valence-electron chi connectivity index (χ1n) is 8.16. The molecule has 2 aromatic carbocycles. The molecule has 24 heavy (non-hydrogen) atoms. The predicted molar refractivity (Wildman–Crippen MR) is 92.2 cm³/mol. The van der Waals surface area contributed by atoms with Crippen molar-refractivity contribution in [3.63, 3.8) is 0 Å². The quantitative estimate of drug-likeness (QED) is 0.738. The van der Waals surface area contributed by atoms with Crippen molar-refractivity contribution in [2.75, 3.05) is 26.3 Å². The molecule has 122 valence electrons. The van der Waals surface area contributed by atoms with Gasteiger partial charge in [0.25, 0.3) is 0 Å². The number of morpholine rings is 1. The number of hydrogen-bond acceptors (Lipinski definition) is 5. The van der Waals surface area contributed by atoms with E-state index in [0.29, 0.717) is 5.88 Å². The summed E-state index contributed by atoms with van der Waals surface area (Å²) in [6.45, 7) is 4.33. The Morgan fingerprint density at radius 1 is 0.958 bits per heavy atom. The average molecular weight is 321 g/mol. The highest BCUT2D eigenvalue weighted by atomic mass is 16.5. The summed E-state index contributed by atoms with van der Waals surface area (Å²) in [5.41, 5.74) is 2.85. The highest BCUT2D eigenvalue weighted by Crippen LogP contribution is 2.26. The molecular formula is C19H19N3O2. The van der Waals surface area contributed by atoms with E-state index >= 15 is 0 Å². The van der Waals surface area contributed by atoms with E-state index in [2.05, 4.69) is 20.9 Å². The lowest BCUT2D eigenvalue weighted by molar-refractivity contribution is 0.0339. The number of hydrogen-bond donors (Lipinski definition) is 0. The van der Waals surface area contributed by atoms with Crippen LogP contribution < -0.4 is 4.74 Å². The van der Waals surface area contributed by atoms with E-state index in [1.54, 1.807) is 6.20 Å². The normalized spacial score (nSPS) is 15.5. The Bertz CT molecular complexity index is 831. The molecule has 0 saturated carbocycles. The van der Waals surface area contributed by atoms with E-state index in [9.17, 15) is 0 Å². The van der Waals surface area contributed by atoms with Gasteiger partial charge in [-0.05, 0) is 18.2 Å². The van der Waals surface area contributed by atoms with Gasteiger partial charge in [-0.3, -0.25) is 4.90 Å². The van der Waals surface area contributed by atoms with Crippen LogP contribution in [-0.2, 0) is 11.3 Å². The van der Waals surface area contributed by atoms with Crippen LogP contribution in [0.5, 0.6) is 11.6 Å². The molecule has 1 aliphatic rings. The molecule has 0 amide bonds. The van der Waals surface area contributed by atoms with Crippen LogP contribution in [0, 0.1) is 0 Å². The van der Waals surface area contributed by atoms with Crippen molar-refractivity contribution < 1.29 is 9.47 Å². The van der Waals surface area contributed by atoms with Gasteiger partial charge in [0.2, 0.25) is 5.88 Å². The molecule has 1 aromatic heterocycles. The lowest BCUT2D eigenvalue weighted by Crippen LogP contribution is -2.35. The maximum absolute atomic E-state index is 6.03. The molecule has 2 heterocycles. The van der Waals surface area contributed by atoms with E-state index in [4.69, 9.17) is 9.47 Å². The third kappa shape index (κ3) is 3.37. The predicted octanol–water partition coefficient (Wildman–Crippen LogP) is 3.25. The van der Waals surface area contributed by atoms with Crippen molar-refractivity contribution in [3.8, 4) is 11.6 Å². The fourth-order valence-electron chi connectivity index (χ4n) is 2.84. The number of para-hydroxylation sites is 3. The van der Waals surface area contributed by atoms with Gasteiger partial charge in [-0.1, -0.05) is 30.3 Å². The molecule has 3 aromatic rings. The molecule has 0 unspecified atom stereocenters. The van der Waals surface area contributed by atoms with Gasteiger partial charge in [-0.15, -0.1) is 0 Å². The van der Waals surface area contributed by atoms with E-state index in [1.165, 1.54) is 0 Å². The lowest BCUT2D eigenvalue weighted by atomic mass is 10.2. The number of benzene rings is 2. The van der Waals surface area contributed by atoms with Crippen molar-refractivity contribution in [2.24, 2.45) is 0 Å². The smallest absolute Gasteiger partial charge is 0.238 e. The molecule has 0 aliphatic carbocycles. The maximum atomic E-state index is 6.03.